The Morgan fingerprint density at radius 1 is 1.16 bits per heavy atom. The molecule has 4 rings (SSSR count). The second-order valence-corrected chi connectivity index (χ2v) is 9.41. The van der Waals surface area contributed by atoms with Crippen LogP contribution in [-0.4, -0.2) is 70.3 Å². The minimum Gasteiger partial charge on any atom is -0.490 e. The van der Waals surface area contributed by atoms with Gasteiger partial charge in [-0.05, 0) is 36.2 Å². The third-order valence-corrected chi connectivity index (χ3v) is 6.35. The Bertz CT molecular complexity index is 1180. The quantitative estimate of drug-likeness (QED) is 0.417. The predicted octanol–water partition coefficient (Wildman–Crippen LogP) is 3.77. The molecule has 1 fully saturated rings. The molecule has 0 radical (unpaired) electrons. The van der Waals surface area contributed by atoms with Crippen molar-refractivity contribution in [3.8, 4) is 5.75 Å². The van der Waals surface area contributed by atoms with Gasteiger partial charge in [-0.25, -0.2) is 4.39 Å². The molecule has 0 aliphatic carbocycles. The molecule has 1 aliphatic rings. The molecule has 0 N–H and O–H groups in total. The minimum atomic E-state index is -1.07. The van der Waals surface area contributed by atoms with Crippen molar-refractivity contribution in [1.29, 1.82) is 0 Å². The molecule has 1 atom stereocenters. The predicted molar refractivity (Wildman–Crippen MR) is 137 cm³/mol. The van der Waals surface area contributed by atoms with Gasteiger partial charge in [0, 0.05) is 32.9 Å². The van der Waals surface area contributed by atoms with Gasteiger partial charge in [-0.1, -0.05) is 37.3 Å². The fourth-order valence-electron chi connectivity index (χ4n) is 4.37. The van der Waals surface area contributed by atoms with E-state index in [0.29, 0.717) is 24.4 Å². The summed E-state index contributed by atoms with van der Waals surface area (Å²) in [6, 6.07) is 15.4. The van der Waals surface area contributed by atoms with Gasteiger partial charge in [-0.2, -0.15) is 5.10 Å². The topological polar surface area (TPSA) is 76.9 Å². The van der Waals surface area contributed by atoms with Crippen LogP contribution in [-0.2, 0) is 22.6 Å². The fourth-order valence-corrected chi connectivity index (χ4v) is 4.37. The molecule has 8 nitrogen and oxygen atoms in total. The van der Waals surface area contributed by atoms with Crippen LogP contribution in [0, 0.1) is 5.82 Å². The maximum Gasteiger partial charge on any atom is 0.257 e. The lowest BCUT2D eigenvalue weighted by molar-refractivity contribution is -0.152. The summed E-state index contributed by atoms with van der Waals surface area (Å²) in [5.41, 5.74) is 0.445. The number of carbonyl (C=O) groups is 2. The number of ether oxygens (including phenoxy) is 2. The lowest BCUT2D eigenvalue weighted by Crippen LogP contribution is -2.58. The van der Waals surface area contributed by atoms with E-state index >= 15 is 0 Å². The average Bonchev–Trinajstić information content (AvgIpc) is 3.37. The van der Waals surface area contributed by atoms with E-state index in [1.54, 1.807) is 33.9 Å². The Morgan fingerprint density at radius 3 is 2.65 bits per heavy atom. The largest absolute Gasteiger partial charge is 0.490 e. The molecular weight excluding hydrogens is 475 g/mol. The van der Waals surface area contributed by atoms with Crippen molar-refractivity contribution in [3.05, 3.63) is 83.9 Å². The first-order chi connectivity index (χ1) is 17.9. The molecular formula is C28H33FN4O4. The summed E-state index contributed by atoms with van der Waals surface area (Å²) in [4.78, 5) is 30.0. The van der Waals surface area contributed by atoms with Crippen molar-refractivity contribution < 1.29 is 23.5 Å². The number of nitrogens with zero attached hydrogens (tertiary/aromatic N) is 4. The highest BCUT2D eigenvalue weighted by Gasteiger charge is 2.42. The molecule has 196 valence electrons. The maximum atomic E-state index is 13.4. The summed E-state index contributed by atoms with van der Waals surface area (Å²) in [6.07, 6.45) is 4.26. The molecule has 9 heteroatoms. The van der Waals surface area contributed by atoms with Gasteiger partial charge in [0.2, 0.25) is 5.91 Å². The maximum absolute atomic E-state index is 13.4. The average molecular weight is 509 g/mol. The van der Waals surface area contributed by atoms with Gasteiger partial charge in [-0.15, -0.1) is 0 Å². The van der Waals surface area contributed by atoms with Crippen LogP contribution in [0.25, 0.3) is 0 Å². The monoisotopic (exact) mass is 508 g/mol. The van der Waals surface area contributed by atoms with Gasteiger partial charge >= 0.3 is 0 Å². The first kappa shape index (κ1) is 26.3. The molecule has 2 heterocycles. The van der Waals surface area contributed by atoms with Crippen molar-refractivity contribution in [3.63, 3.8) is 0 Å². The number of hydrogen-bond donors (Lipinski definition) is 0. The van der Waals surface area contributed by atoms with Gasteiger partial charge in [0.05, 0.1) is 31.3 Å². The summed E-state index contributed by atoms with van der Waals surface area (Å²) in [5, 5.41) is 4.27. The van der Waals surface area contributed by atoms with E-state index in [1.165, 1.54) is 24.3 Å². The number of aryl methyl sites for hydroxylation is 1. The number of aromatic nitrogens is 2. The minimum absolute atomic E-state index is 0.0242. The van der Waals surface area contributed by atoms with E-state index in [-0.39, 0.29) is 43.8 Å². The molecule has 1 saturated heterocycles. The highest BCUT2D eigenvalue weighted by atomic mass is 19.1. The van der Waals surface area contributed by atoms with Crippen molar-refractivity contribution in [2.75, 3.05) is 33.4 Å². The number of morpholine rings is 1. The van der Waals surface area contributed by atoms with Crippen molar-refractivity contribution in [2.45, 2.75) is 38.5 Å². The highest BCUT2D eigenvalue weighted by Crippen LogP contribution is 2.27. The Morgan fingerprint density at radius 2 is 1.92 bits per heavy atom. The van der Waals surface area contributed by atoms with Crippen LogP contribution in [0.15, 0.2) is 67.0 Å². The first-order valence-corrected chi connectivity index (χ1v) is 12.5. The molecule has 3 aromatic rings. The van der Waals surface area contributed by atoms with Crippen molar-refractivity contribution in [2.24, 2.45) is 0 Å². The van der Waals surface area contributed by atoms with Gasteiger partial charge in [-0.3, -0.25) is 14.3 Å². The Hall–Kier alpha value is -3.72. The molecule has 0 saturated carbocycles. The van der Waals surface area contributed by atoms with Crippen LogP contribution < -0.4 is 4.74 Å². The van der Waals surface area contributed by atoms with Crippen LogP contribution in [0.2, 0.25) is 0 Å². The molecule has 1 aliphatic heterocycles. The molecule has 37 heavy (non-hydrogen) atoms. The fraction of sp³-hybridized carbons (Fsp3) is 0.393. The highest BCUT2D eigenvalue weighted by molar-refractivity contribution is 5.94. The van der Waals surface area contributed by atoms with E-state index in [2.05, 4.69) is 5.10 Å². The number of rotatable bonds is 10. The summed E-state index contributed by atoms with van der Waals surface area (Å²) in [6.45, 7) is 4.09. The summed E-state index contributed by atoms with van der Waals surface area (Å²) in [5.74, 6) is -0.202. The van der Waals surface area contributed by atoms with Crippen LogP contribution in [0.1, 0.15) is 35.7 Å². The van der Waals surface area contributed by atoms with Gasteiger partial charge in [0.25, 0.3) is 5.91 Å². The standard InChI is InChI=1S/C28H33FN4O4/c1-3-13-33-19-23(17-30-33)27(35)32-14-15-37-28(20-32,21-36-25-11-9-24(29)10-12-25)16-26(34)31(2)18-22-7-5-4-6-8-22/h4-12,17,19H,3,13-16,18,20-21H2,1-2H3/t28-/m1/s1. The zero-order valence-corrected chi connectivity index (χ0v) is 21.3. The SMILES string of the molecule is CCCn1cc(C(=O)N2CCO[C@](COc3ccc(F)cc3)(CC(=O)N(C)Cc3ccccc3)C2)cn1. The van der Waals surface area contributed by atoms with E-state index in [4.69, 9.17) is 9.47 Å². The molecule has 1 aromatic heterocycles. The third kappa shape index (κ3) is 6.95. The molecule has 0 bridgehead atoms. The summed E-state index contributed by atoms with van der Waals surface area (Å²) in [7, 11) is 1.75. The smallest absolute Gasteiger partial charge is 0.257 e. The Kier molecular flexibility index (Phi) is 8.55. The van der Waals surface area contributed by atoms with E-state index in [1.807, 2.05) is 37.3 Å². The van der Waals surface area contributed by atoms with E-state index in [9.17, 15) is 14.0 Å². The molecule has 2 amide bonds. The third-order valence-electron chi connectivity index (χ3n) is 6.35. The normalized spacial score (nSPS) is 17.4. The van der Waals surface area contributed by atoms with Gasteiger partial charge in [0.15, 0.2) is 0 Å². The van der Waals surface area contributed by atoms with E-state index in [0.717, 1.165) is 18.5 Å². The van der Waals surface area contributed by atoms with Crippen LogP contribution >= 0.6 is 0 Å². The van der Waals surface area contributed by atoms with Gasteiger partial charge < -0.3 is 19.3 Å². The van der Waals surface area contributed by atoms with Crippen molar-refractivity contribution in [1.82, 2.24) is 19.6 Å². The Balaban J connectivity index is 1.51. The van der Waals surface area contributed by atoms with Crippen LogP contribution in [0.3, 0.4) is 0 Å². The zero-order chi connectivity index (χ0) is 26.3. The lowest BCUT2D eigenvalue weighted by atomic mass is 9.96. The molecule has 0 spiro atoms. The number of carbonyl (C=O) groups excluding carboxylic acids is 2. The second kappa shape index (κ2) is 12.0. The van der Waals surface area contributed by atoms with Crippen LogP contribution in [0.5, 0.6) is 5.75 Å². The van der Waals surface area contributed by atoms with Gasteiger partial charge in [0.1, 0.15) is 23.8 Å². The number of halogens is 1. The number of benzene rings is 2. The second-order valence-electron chi connectivity index (χ2n) is 9.41. The zero-order valence-electron chi connectivity index (χ0n) is 21.3. The Labute approximate surface area is 216 Å². The summed E-state index contributed by atoms with van der Waals surface area (Å²) >= 11 is 0. The number of hydrogen-bond acceptors (Lipinski definition) is 5. The van der Waals surface area contributed by atoms with Crippen molar-refractivity contribution >= 4 is 11.8 Å². The lowest BCUT2D eigenvalue weighted by Gasteiger charge is -2.42. The first-order valence-electron chi connectivity index (χ1n) is 12.5. The summed E-state index contributed by atoms with van der Waals surface area (Å²) < 4.78 is 27.3. The van der Waals surface area contributed by atoms with E-state index < -0.39 is 5.60 Å². The molecule has 2 aromatic carbocycles. The van der Waals surface area contributed by atoms with Crippen LogP contribution in [0.4, 0.5) is 4.39 Å². The number of amides is 2. The molecule has 0 unspecified atom stereocenters.